The van der Waals surface area contributed by atoms with E-state index in [0.29, 0.717) is 17.7 Å². The van der Waals surface area contributed by atoms with Gasteiger partial charge in [0.15, 0.2) is 5.69 Å². The maximum absolute atomic E-state index is 12.0. The van der Waals surface area contributed by atoms with E-state index in [1.807, 2.05) is 34.6 Å². The molecule has 0 saturated carbocycles. The highest BCUT2D eigenvalue weighted by atomic mass is 35.5. The van der Waals surface area contributed by atoms with Crippen LogP contribution in [0.2, 0.25) is 0 Å². The van der Waals surface area contributed by atoms with Crippen molar-refractivity contribution in [2.24, 2.45) is 0 Å². The van der Waals surface area contributed by atoms with E-state index in [1.165, 1.54) is 6.07 Å². The van der Waals surface area contributed by atoms with Crippen LogP contribution in [0.5, 0.6) is 0 Å². The lowest BCUT2D eigenvalue weighted by Gasteiger charge is -2.29. The largest absolute Gasteiger partial charge is 0.383 e. The van der Waals surface area contributed by atoms with Gasteiger partial charge in [0.25, 0.3) is 5.69 Å². The standard InChI is InChI=1S/C13H19N3O4.C12H18ClNO2S/c1-5-10(6-2)14-12-11(15(17)18)7-8(3)9(4)13(12)16(19)20;1-8-7-17-10(3)12(8)14(11(15)5-13)9(2)6-16-4/h7,10,14H,5-6H2,1-4H3;7,9H,5-6H2,1-4H3/t;9-/m.0/s1. The fraction of sp³-hybridized carbons (Fsp3) is 0.560. The van der Waals surface area contributed by atoms with Crippen molar-refractivity contribution in [2.45, 2.75) is 73.4 Å². The lowest BCUT2D eigenvalue weighted by Crippen LogP contribution is -2.42. The Morgan fingerprint density at radius 2 is 1.73 bits per heavy atom. The number of nitro groups is 2. The number of carbonyl (C=O) groups is 1. The number of benzene rings is 1. The van der Waals surface area contributed by atoms with Crippen LogP contribution in [0.15, 0.2) is 11.4 Å². The number of methoxy groups -OCH3 is 1. The van der Waals surface area contributed by atoms with Crippen molar-refractivity contribution in [3.63, 3.8) is 0 Å². The quantitative estimate of drug-likeness (QED) is 0.185. The zero-order chi connectivity index (χ0) is 28.4. The molecule has 1 aromatic carbocycles. The number of nitro benzene ring substituents is 2. The zero-order valence-electron chi connectivity index (χ0n) is 22.7. The number of ether oxygens (including phenoxy) is 1. The van der Waals surface area contributed by atoms with Crippen molar-refractivity contribution >= 4 is 51.6 Å². The number of rotatable bonds is 11. The molecule has 0 fully saturated rings. The van der Waals surface area contributed by atoms with Crippen LogP contribution in [0.1, 0.15) is 55.2 Å². The number of nitrogens with zero attached hydrogens (tertiary/aromatic N) is 3. The van der Waals surface area contributed by atoms with Crippen LogP contribution in [-0.4, -0.2) is 47.4 Å². The summed E-state index contributed by atoms with van der Waals surface area (Å²) in [6.45, 7) is 13.6. The van der Waals surface area contributed by atoms with Crippen LogP contribution in [-0.2, 0) is 9.53 Å². The highest BCUT2D eigenvalue weighted by molar-refractivity contribution is 7.10. The highest BCUT2D eigenvalue weighted by Crippen LogP contribution is 2.39. The van der Waals surface area contributed by atoms with Crippen molar-refractivity contribution in [1.82, 2.24) is 0 Å². The third-order valence-electron chi connectivity index (χ3n) is 6.10. The molecule has 10 nitrogen and oxygen atoms in total. The molecule has 1 N–H and O–H groups in total. The molecule has 2 rings (SSSR count). The Bertz CT molecular complexity index is 1080. The third kappa shape index (κ3) is 8.11. The van der Waals surface area contributed by atoms with Crippen LogP contribution in [0, 0.1) is 47.9 Å². The van der Waals surface area contributed by atoms with Gasteiger partial charge in [-0.2, -0.15) is 0 Å². The molecule has 0 bridgehead atoms. The van der Waals surface area contributed by atoms with Gasteiger partial charge in [-0.1, -0.05) is 13.8 Å². The summed E-state index contributed by atoms with van der Waals surface area (Å²) in [6, 6.07) is 1.33. The van der Waals surface area contributed by atoms with Crippen molar-refractivity contribution in [3.05, 3.63) is 53.2 Å². The number of nitrogens with one attached hydrogen (secondary N) is 1. The summed E-state index contributed by atoms with van der Waals surface area (Å²) in [4.78, 5) is 36.1. The molecule has 12 heteroatoms. The van der Waals surface area contributed by atoms with Gasteiger partial charge in [-0.3, -0.25) is 25.0 Å². The van der Waals surface area contributed by atoms with E-state index in [4.69, 9.17) is 16.3 Å². The van der Waals surface area contributed by atoms with Crippen molar-refractivity contribution in [3.8, 4) is 0 Å². The van der Waals surface area contributed by atoms with E-state index in [2.05, 4.69) is 10.7 Å². The Hall–Kier alpha value is -2.76. The SMILES string of the molecule is CCC(CC)Nc1c([N+](=O)[O-])cc(C)c(C)c1[N+](=O)[O-].COC[C@H](C)N(C(=O)CCl)c1c(C)csc1C. The first-order valence-corrected chi connectivity index (χ1v) is 13.4. The normalized spacial score (nSPS) is 11.5. The number of alkyl halides is 1. The molecule has 0 aliphatic carbocycles. The third-order valence-corrected chi connectivity index (χ3v) is 7.35. The van der Waals surface area contributed by atoms with E-state index < -0.39 is 9.85 Å². The zero-order valence-corrected chi connectivity index (χ0v) is 24.3. The molecule has 0 spiro atoms. The van der Waals surface area contributed by atoms with Gasteiger partial charge >= 0.3 is 5.69 Å². The molecular weight excluding hydrogens is 520 g/mol. The molecule has 0 aliphatic rings. The van der Waals surface area contributed by atoms with Gasteiger partial charge in [0, 0.05) is 29.7 Å². The number of hydrogen-bond donors (Lipinski definition) is 1. The van der Waals surface area contributed by atoms with Crippen LogP contribution in [0.25, 0.3) is 0 Å². The Labute approximate surface area is 227 Å². The number of halogens is 1. The van der Waals surface area contributed by atoms with E-state index in [-0.39, 0.29) is 40.9 Å². The van der Waals surface area contributed by atoms with E-state index in [0.717, 1.165) is 29.0 Å². The molecule has 1 atom stereocenters. The number of amides is 1. The van der Waals surface area contributed by atoms with Crippen LogP contribution >= 0.6 is 22.9 Å². The van der Waals surface area contributed by atoms with Crippen LogP contribution < -0.4 is 10.2 Å². The molecule has 1 heterocycles. The molecule has 1 aromatic heterocycles. The number of thiophene rings is 1. The molecule has 1 amide bonds. The van der Waals surface area contributed by atoms with Gasteiger partial charge in [0.2, 0.25) is 5.91 Å². The maximum Gasteiger partial charge on any atom is 0.302 e. The summed E-state index contributed by atoms with van der Waals surface area (Å²) in [5, 5.41) is 27.4. The number of hydrogen-bond acceptors (Lipinski definition) is 8. The van der Waals surface area contributed by atoms with Gasteiger partial charge < -0.3 is 15.0 Å². The average molecular weight is 557 g/mol. The highest BCUT2D eigenvalue weighted by Gasteiger charge is 2.30. The fourth-order valence-corrected chi connectivity index (χ4v) is 4.95. The topological polar surface area (TPSA) is 128 Å². The minimum Gasteiger partial charge on any atom is -0.383 e. The summed E-state index contributed by atoms with van der Waals surface area (Å²) in [6.07, 6.45) is 1.47. The predicted molar refractivity (Wildman–Crippen MR) is 151 cm³/mol. The smallest absolute Gasteiger partial charge is 0.302 e. The summed E-state index contributed by atoms with van der Waals surface area (Å²) in [5.41, 5.74) is 2.64. The second-order valence-electron chi connectivity index (χ2n) is 8.76. The average Bonchev–Trinajstić information content (AvgIpc) is 3.17. The van der Waals surface area contributed by atoms with Crippen LogP contribution in [0.3, 0.4) is 0 Å². The maximum atomic E-state index is 12.0. The molecule has 2 aromatic rings. The first kappa shape index (κ1) is 32.3. The first-order chi connectivity index (χ1) is 17.4. The minimum absolute atomic E-state index is 0.0109. The molecular formula is C25H37ClN4O6S. The molecule has 37 heavy (non-hydrogen) atoms. The minimum atomic E-state index is -0.579. The number of carbonyl (C=O) groups excluding carboxylic acids is 1. The molecule has 206 valence electrons. The van der Waals surface area contributed by atoms with E-state index in [1.54, 1.807) is 37.2 Å². The second-order valence-corrected chi connectivity index (χ2v) is 10.1. The predicted octanol–water partition coefficient (Wildman–Crippen LogP) is 6.69. The van der Waals surface area contributed by atoms with Gasteiger partial charge in [0.05, 0.1) is 28.2 Å². The molecule has 0 unspecified atom stereocenters. The second kappa shape index (κ2) is 14.8. The van der Waals surface area contributed by atoms with E-state index >= 15 is 0 Å². The molecule has 0 radical (unpaired) electrons. The first-order valence-electron chi connectivity index (χ1n) is 12.0. The molecule has 0 saturated heterocycles. The Balaban J connectivity index is 0.000000375. The van der Waals surface area contributed by atoms with Gasteiger partial charge in [-0.15, -0.1) is 22.9 Å². The van der Waals surface area contributed by atoms with Crippen molar-refractivity contribution < 1.29 is 19.4 Å². The lowest BCUT2D eigenvalue weighted by atomic mass is 10.0. The number of anilines is 2. The summed E-state index contributed by atoms with van der Waals surface area (Å²) < 4.78 is 5.12. The lowest BCUT2D eigenvalue weighted by molar-refractivity contribution is -0.392. The van der Waals surface area contributed by atoms with Crippen molar-refractivity contribution in [1.29, 1.82) is 0 Å². The monoisotopic (exact) mass is 556 g/mol. The van der Waals surface area contributed by atoms with Gasteiger partial charge in [-0.25, -0.2) is 0 Å². The molecule has 0 aliphatic heterocycles. The fourth-order valence-electron chi connectivity index (χ4n) is 3.99. The Kier molecular flexibility index (Phi) is 12.9. The van der Waals surface area contributed by atoms with Gasteiger partial charge in [0.1, 0.15) is 5.88 Å². The Morgan fingerprint density at radius 3 is 2.14 bits per heavy atom. The Morgan fingerprint density at radius 1 is 1.14 bits per heavy atom. The van der Waals surface area contributed by atoms with E-state index in [9.17, 15) is 25.0 Å². The van der Waals surface area contributed by atoms with Crippen molar-refractivity contribution in [2.75, 3.05) is 29.8 Å². The summed E-state index contributed by atoms with van der Waals surface area (Å²) in [5.74, 6) is -0.0937. The summed E-state index contributed by atoms with van der Waals surface area (Å²) in [7, 11) is 1.63. The van der Waals surface area contributed by atoms with Crippen LogP contribution in [0.4, 0.5) is 22.7 Å². The number of aryl methyl sites for hydroxylation is 3. The van der Waals surface area contributed by atoms with Gasteiger partial charge in [-0.05, 0) is 64.0 Å². The summed E-state index contributed by atoms with van der Waals surface area (Å²) >= 11 is 7.33.